The highest BCUT2D eigenvalue weighted by Gasteiger charge is 2.32. The zero-order chi connectivity index (χ0) is 13.2. The van der Waals surface area contributed by atoms with Crippen LogP contribution in [-0.2, 0) is 4.74 Å². The Morgan fingerprint density at radius 2 is 2.00 bits per heavy atom. The molecule has 0 atom stereocenters. The molecule has 0 aliphatic heterocycles. The molecule has 0 saturated carbocycles. The summed E-state index contributed by atoms with van der Waals surface area (Å²) in [6.45, 7) is 1.25. The summed E-state index contributed by atoms with van der Waals surface area (Å²) < 4.78 is 43.7. The van der Waals surface area contributed by atoms with Gasteiger partial charge in [-0.1, -0.05) is 0 Å². The maximum atomic E-state index is 11.9. The molecule has 1 aromatic rings. The van der Waals surface area contributed by atoms with Crippen molar-refractivity contribution in [2.45, 2.75) is 13.3 Å². The van der Waals surface area contributed by atoms with Crippen LogP contribution in [0.25, 0.3) is 0 Å². The molecule has 0 aromatic carbocycles. The molecule has 8 heteroatoms. The zero-order valence-electron chi connectivity index (χ0n) is 8.84. The molecule has 0 amide bonds. The molecule has 0 unspecified atom stereocenters. The second kappa shape index (κ2) is 4.48. The zero-order valence-corrected chi connectivity index (χ0v) is 8.84. The van der Waals surface area contributed by atoms with E-state index in [9.17, 15) is 22.8 Å². The molecular weight excluding hydrogens is 243 g/mol. The summed E-state index contributed by atoms with van der Waals surface area (Å²) in [4.78, 5) is 24.2. The van der Waals surface area contributed by atoms with E-state index in [1.54, 1.807) is 0 Å². The number of carbonyl (C=O) groups excluding carboxylic acids is 1. The van der Waals surface area contributed by atoms with Crippen LogP contribution in [0.5, 0.6) is 5.88 Å². The van der Waals surface area contributed by atoms with Crippen molar-refractivity contribution in [1.82, 2.24) is 4.98 Å². The van der Waals surface area contributed by atoms with Crippen molar-refractivity contribution in [1.29, 1.82) is 0 Å². The Labute approximate surface area is 93.2 Å². The molecular formula is C9H8F3NO4. The Bertz CT molecular complexity index is 492. The molecule has 1 heterocycles. The van der Waals surface area contributed by atoms with Crippen LogP contribution < -0.4 is 10.3 Å². The molecule has 94 valence electrons. The highest BCUT2D eigenvalue weighted by atomic mass is 19.4. The Morgan fingerprint density at radius 1 is 1.41 bits per heavy atom. The molecule has 0 radical (unpaired) electrons. The number of aryl methyl sites for hydroxylation is 1. The second-order valence-electron chi connectivity index (χ2n) is 3.06. The van der Waals surface area contributed by atoms with Gasteiger partial charge in [-0.3, -0.25) is 9.78 Å². The quantitative estimate of drug-likeness (QED) is 0.806. The van der Waals surface area contributed by atoms with Gasteiger partial charge in [-0.25, -0.2) is 4.79 Å². The summed E-state index contributed by atoms with van der Waals surface area (Å²) in [5.74, 6) is -1.69. The number of pyridine rings is 1. The lowest BCUT2D eigenvalue weighted by molar-refractivity contribution is -0.276. The second-order valence-corrected chi connectivity index (χ2v) is 3.06. The van der Waals surface area contributed by atoms with Crippen molar-refractivity contribution in [3.05, 3.63) is 27.5 Å². The highest BCUT2D eigenvalue weighted by Crippen LogP contribution is 2.23. The number of H-pyrrole nitrogens is 1. The topological polar surface area (TPSA) is 68.4 Å². The van der Waals surface area contributed by atoms with Crippen molar-refractivity contribution >= 4 is 5.97 Å². The fraction of sp³-hybridized carbons (Fsp3) is 0.333. The van der Waals surface area contributed by atoms with Gasteiger partial charge in [-0.15, -0.1) is 13.2 Å². The first kappa shape index (κ1) is 13.1. The Kier molecular flexibility index (Phi) is 3.45. The van der Waals surface area contributed by atoms with Crippen LogP contribution in [0.1, 0.15) is 15.9 Å². The lowest BCUT2D eigenvalue weighted by atomic mass is 10.2. The van der Waals surface area contributed by atoms with E-state index < -0.39 is 23.8 Å². The van der Waals surface area contributed by atoms with Gasteiger partial charge in [0.25, 0.3) is 5.56 Å². The maximum Gasteiger partial charge on any atom is 0.574 e. The van der Waals surface area contributed by atoms with E-state index >= 15 is 0 Å². The lowest BCUT2D eigenvalue weighted by Gasteiger charge is -2.11. The Hall–Kier alpha value is -1.99. The van der Waals surface area contributed by atoms with Crippen molar-refractivity contribution in [2.24, 2.45) is 0 Å². The first-order chi connectivity index (χ1) is 7.74. The number of methoxy groups -OCH3 is 1. The van der Waals surface area contributed by atoms with E-state index in [4.69, 9.17) is 0 Å². The summed E-state index contributed by atoms with van der Waals surface area (Å²) in [5, 5.41) is 0. The van der Waals surface area contributed by atoms with Crippen LogP contribution in [0.4, 0.5) is 13.2 Å². The molecule has 1 aromatic heterocycles. The van der Waals surface area contributed by atoms with Crippen LogP contribution in [0.2, 0.25) is 0 Å². The van der Waals surface area contributed by atoms with E-state index in [-0.39, 0.29) is 11.1 Å². The van der Waals surface area contributed by atoms with Crippen LogP contribution in [0, 0.1) is 6.92 Å². The fourth-order valence-corrected chi connectivity index (χ4v) is 1.10. The van der Waals surface area contributed by atoms with Gasteiger partial charge in [0.2, 0.25) is 5.88 Å². The number of esters is 1. The number of rotatable bonds is 2. The van der Waals surface area contributed by atoms with Gasteiger partial charge >= 0.3 is 12.3 Å². The van der Waals surface area contributed by atoms with Gasteiger partial charge in [-0.2, -0.15) is 0 Å². The van der Waals surface area contributed by atoms with E-state index in [1.165, 1.54) is 6.92 Å². The van der Waals surface area contributed by atoms with E-state index in [2.05, 4.69) is 9.47 Å². The maximum absolute atomic E-state index is 11.9. The van der Waals surface area contributed by atoms with Gasteiger partial charge < -0.3 is 9.47 Å². The van der Waals surface area contributed by atoms with Crippen molar-refractivity contribution in [3.63, 3.8) is 0 Å². The largest absolute Gasteiger partial charge is 0.574 e. The first-order valence-corrected chi connectivity index (χ1v) is 4.32. The minimum absolute atomic E-state index is 0.0395. The minimum Gasteiger partial charge on any atom is -0.465 e. The molecule has 0 aliphatic carbocycles. The van der Waals surface area contributed by atoms with Gasteiger partial charge in [0.05, 0.1) is 7.11 Å². The van der Waals surface area contributed by atoms with E-state index in [1.807, 2.05) is 4.98 Å². The summed E-state index contributed by atoms with van der Waals surface area (Å²) in [6, 6.07) is 0.964. The average Bonchev–Trinajstić information content (AvgIpc) is 2.20. The summed E-state index contributed by atoms with van der Waals surface area (Å²) in [6.07, 6.45) is -4.92. The monoisotopic (exact) mass is 251 g/mol. The molecule has 0 spiro atoms. The highest BCUT2D eigenvalue weighted by molar-refractivity contribution is 5.89. The van der Waals surface area contributed by atoms with Crippen LogP contribution in [0.3, 0.4) is 0 Å². The number of hydrogen-bond donors (Lipinski definition) is 1. The van der Waals surface area contributed by atoms with Crippen LogP contribution in [-0.4, -0.2) is 24.4 Å². The number of hydrogen-bond acceptors (Lipinski definition) is 4. The number of nitrogens with one attached hydrogen (secondary N) is 1. The van der Waals surface area contributed by atoms with E-state index in [0.29, 0.717) is 0 Å². The summed E-state index contributed by atoms with van der Waals surface area (Å²) >= 11 is 0. The molecule has 1 N–H and O–H groups in total. The van der Waals surface area contributed by atoms with Gasteiger partial charge in [0.1, 0.15) is 5.56 Å². The molecule has 0 fully saturated rings. The third kappa shape index (κ3) is 3.23. The third-order valence-electron chi connectivity index (χ3n) is 1.81. The van der Waals surface area contributed by atoms with Crippen molar-refractivity contribution in [3.8, 4) is 5.88 Å². The number of halogens is 3. The predicted molar refractivity (Wildman–Crippen MR) is 49.8 cm³/mol. The molecule has 1 rings (SSSR count). The van der Waals surface area contributed by atoms with Gasteiger partial charge in [-0.05, 0) is 13.0 Å². The summed E-state index contributed by atoms with van der Waals surface area (Å²) in [7, 11) is 1.05. The van der Waals surface area contributed by atoms with Gasteiger partial charge in [0.15, 0.2) is 0 Å². The SMILES string of the molecule is COC(=O)c1cc(C)c(OC(F)(F)F)[nH]c1=O. The molecule has 5 nitrogen and oxygen atoms in total. The van der Waals surface area contributed by atoms with Crippen molar-refractivity contribution < 1.29 is 27.4 Å². The molecule has 17 heavy (non-hydrogen) atoms. The van der Waals surface area contributed by atoms with E-state index in [0.717, 1.165) is 13.2 Å². The number of aromatic nitrogens is 1. The van der Waals surface area contributed by atoms with Crippen LogP contribution in [0.15, 0.2) is 10.9 Å². The summed E-state index contributed by atoms with van der Waals surface area (Å²) in [5.41, 5.74) is -1.44. The predicted octanol–water partition coefficient (Wildman–Crippen LogP) is 1.37. The molecule has 0 bridgehead atoms. The fourth-order valence-electron chi connectivity index (χ4n) is 1.10. The molecule has 0 saturated heterocycles. The smallest absolute Gasteiger partial charge is 0.465 e. The number of carbonyl (C=O) groups is 1. The number of aromatic amines is 1. The lowest BCUT2D eigenvalue weighted by Crippen LogP contribution is -2.24. The van der Waals surface area contributed by atoms with Crippen molar-refractivity contribution in [2.75, 3.05) is 7.11 Å². The Morgan fingerprint density at radius 3 is 2.47 bits per heavy atom. The third-order valence-corrected chi connectivity index (χ3v) is 1.81. The normalized spacial score (nSPS) is 11.1. The minimum atomic E-state index is -4.92. The van der Waals surface area contributed by atoms with Crippen LogP contribution >= 0.6 is 0 Å². The van der Waals surface area contributed by atoms with Gasteiger partial charge in [0, 0.05) is 5.56 Å². The first-order valence-electron chi connectivity index (χ1n) is 4.32. The number of alkyl halides is 3. The molecule has 0 aliphatic rings. The standard InChI is InChI=1S/C9H8F3NO4/c1-4-3-5(8(15)16-2)6(14)13-7(4)17-9(10,11)12/h3H,1-2H3,(H,13,14). The number of ether oxygens (including phenoxy) is 2. The average molecular weight is 251 g/mol. The Balaban J connectivity index is 3.19.